The minimum atomic E-state index is 0.166. The molecule has 4 nitrogen and oxygen atoms in total. The fourth-order valence-corrected chi connectivity index (χ4v) is 2.12. The number of carbonyl (C=O) groups is 1. The zero-order valence-corrected chi connectivity index (χ0v) is 12.1. The molecule has 1 N–H and O–H groups in total. The lowest BCUT2D eigenvalue weighted by Crippen LogP contribution is -2.23. The Morgan fingerprint density at radius 3 is 2.61 bits per heavy atom. The predicted molar refractivity (Wildman–Crippen MR) is 74.4 cm³/mol. The van der Waals surface area contributed by atoms with Crippen molar-refractivity contribution >= 4 is 5.91 Å². The highest BCUT2D eigenvalue weighted by atomic mass is 16.2. The molecular weight excluding hydrogens is 226 g/mol. The third-order valence-electron chi connectivity index (χ3n) is 3.19. The van der Waals surface area contributed by atoms with E-state index >= 15 is 0 Å². The summed E-state index contributed by atoms with van der Waals surface area (Å²) >= 11 is 0. The second-order valence-electron chi connectivity index (χ2n) is 5.23. The number of hydrogen-bond acceptors (Lipinski definition) is 2. The van der Waals surface area contributed by atoms with E-state index in [9.17, 15) is 4.79 Å². The molecule has 1 rings (SSSR count). The normalized spacial score (nSPS) is 12.8. The Morgan fingerprint density at radius 1 is 1.44 bits per heavy atom. The van der Waals surface area contributed by atoms with Gasteiger partial charge in [-0.25, -0.2) is 0 Å². The zero-order chi connectivity index (χ0) is 13.7. The molecule has 0 aromatic carbocycles. The molecule has 0 saturated heterocycles. The van der Waals surface area contributed by atoms with Crippen LogP contribution in [0.25, 0.3) is 0 Å². The lowest BCUT2D eigenvalue weighted by molar-refractivity contribution is -0.128. The van der Waals surface area contributed by atoms with Crippen molar-refractivity contribution in [2.45, 2.75) is 32.9 Å². The van der Waals surface area contributed by atoms with Gasteiger partial charge in [0.1, 0.15) is 0 Å². The Kier molecular flexibility index (Phi) is 5.41. The first-order valence-electron chi connectivity index (χ1n) is 6.48. The van der Waals surface area contributed by atoms with Crippen LogP contribution in [0.5, 0.6) is 0 Å². The molecule has 0 aliphatic rings. The maximum atomic E-state index is 11.5. The Hall–Kier alpha value is -1.29. The number of amides is 1. The van der Waals surface area contributed by atoms with Crippen LogP contribution in [0.15, 0.2) is 18.5 Å². The lowest BCUT2D eigenvalue weighted by atomic mass is 9.99. The molecule has 0 fully saturated rings. The average Bonchev–Trinajstić information content (AvgIpc) is 2.74. The molecule has 0 saturated carbocycles. The fraction of sp³-hybridized carbons (Fsp3) is 0.643. The van der Waals surface area contributed by atoms with Gasteiger partial charge in [-0.3, -0.25) is 4.79 Å². The van der Waals surface area contributed by atoms with E-state index in [1.54, 1.807) is 19.0 Å². The van der Waals surface area contributed by atoms with Crippen molar-refractivity contribution in [3.8, 4) is 0 Å². The first-order chi connectivity index (χ1) is 8.45. The molecule has 1 aromatic heterocycles. The number of aryl methyl sites for hydroxylation is 1. The van der Waals surface area contributed by atoms with E-state index < -0.39 is 0 Å². The molecule has 18 heavy (non-hydrogen) atoms. The van der Waals surface area contributed by atoms with Crippen LogP contribution in [0, 0.1) is 5.92 Å². The zero-order valence-electron chi connectivity index (χ0n) is 12.1. The molecule has 0 spiro atoms. The minimum absolute atomic E-state index is 0.166. The SMILES string of the molecule is CNC(c1ccn(CCC(=O)N(C)C)c1)C(C)C. The summed E-state index contributed by atoms with van der Waals surface area (Å²) in [6, 6.07) is 2.50. The van der Waals surface area contributed by atoms with Crippen molar-refractivity contribution in [1.82, 2.24) is 14.8 Å². The van der Waals surface area contributed by atoms with Gasteiger partial charge in [-0.2, -0.15) is 0 Å². The molecular formula is C14H25N3O. The number of aromatic nitrogens is 1. The van der Waals surface area contributed by atoms with Gasteiger partial charge in [0.15, 0.2) is 0 Å². The van der Waals surface area contributed by atoms with Crippen LogP contribution in [0.4, 0.5) is 0 Å². The Labute approximate surface area is 110 Å². The molecule has 0 radical (unpaired) electrons. The molecule has 0 aliphatic carbocycles. The van der Waals surface area contributed by atoms with Crippen molar-refractivity contribution in [3.63, 3.8) is 0 Å². The van der Waals surface area contributed by atoms with Crippen molar-refractivity contribution in [2.75, 3.05) is 21.1 Å². The smallest absolute Gasteiger partial charge is 0.223 e. The van der Waals surface area contributed by atoms with Crippen LogP contribution in [0.3, 0.4) is 0 Å². The number of nitrogens with one attached hydrogen (secondary N) is 1. The largest absolute Gasteiger partial charge is 0.353 e. The number of carbonyl (C=O) groups excluding carboxylic acids is 1. The summed E-state index contributed by atoms with van der Waals surface area (Å²) in [5.41, 5.74) is 1.28. The molecule has 1 aromatic rings. The molecule has 1 atom stereocenters. The van der Waals surface area contributed by atoms with Crippen LogP contribution in [0.1, 0.15) is 31.9 Å². The van der Waals surface area contributed by atoms with E-state index in [0.717, 1.165) is 6.54 Å². The number of rotatable bonds is 6. The molecule has 1 heterocycles. The quantitative estimate of drug-likeness (QED) is 0.838. The lowest BCUT2D eigenvalue weighted by Gasteiger charge is -2.18. The summed E-state index contributed by atoms with van der Waals surface area (Å²) in [7, 11) is 5.57. The van der Waals surface area contributed by atoms with Crippen LogP contribution in [-0.4, -0.2) is 36.5 Å². The first-order valence-corrected chi connectivity index (χ1v) is 6.48. The van der Waals surface area contributed by atoms with Crippen molar-refractivity contribution in [3.05, 3.63) is 24.0 Å². The predicted octanol–water partition coefficient (Wildman–Crippen LogP) is 1.88. The van der Waals surface area contributed by atoms with Gasteiger partial charge < -0.3 is 14.8 Å². The summed E-state index contributed by atoms with van der Waals surface area (Å²) in [5, 5.41) is 3.33. The summed E-state index contributed by atoms with van der Waals surface area (Å²) in [5.74, 6) is 0.716. The highest BCUT2D eigenvalue weighted by Crippen LogP contribution is 2.21. The minimum Gasteiger partial charge on any atom is -0.353 e. The van der Waals surface area contributed by atoms with Crippen molar-refractivity contribution in [2.24, 2.45) is 5.92 Å². The maximum absolute atomic E-state index is 11.5. The van der Waals surface area contributed by atoms with Gasteiger partial charge in [0.05, 0.1) is 0 Å². The molecule has 0 aliphatic heterocycles. The van der Waals surface area contributed by atoms with E-state index in [-0.39, 0.29) is 5.91 Å². The Balaban J connectivity index is 2.60. The number of nitrogens with zero attached hydrogens (tertiary/aromatic N) is 2. The third kappa shape index (κ3) is 3.88. The van der Waals surface area contributed by atoms with Crippen LogP contribution in [0.2, 0.25) is 0 Å². The highest BCUT2D eigenvalue weighted by Gasteiger charge is 2.14. The van der Waals surface area contributed by atoms with Gasteiger partial charge in [-0.15, -0.1) is 0 Å². The molecule has 1 unspecified atom stereocenters. The van der Waals surface area contributed by atoms with Gasteiger partial charge in [-0.1, -0.05) is 13.8 Å². The highest BCUT2D eigenvalue weighted by molar-refractivity contribution is 5.75. The topological polar surface area (TPSA) is 37.3 Å². The maximum Gasteiger partial charge on any atom is 0.223 e. The van der Waals surface area contributed by atoms with Crippen LogP contribution < -0.4 is 5.32 Å². The average molecular weight is 251 g/mol. The van der Waals surface area contributed by atoms with E-state index in [1.165, 1.54) is 5.56 Å². The van der Waals surface area contributed by atoms with Crippen molar-refractivity contribution in [1.29, 1.82) is 0 Å². The Morgan fingerprint density at radius 2 is 2.11 bits per heavy atom. The molecule has 102 valence electrons. The van der Waals surface area contributed by atoms with E-state index in [1.807, 2.05) is 13.2 Å². The van der Waals surface area contributed by atoms with E-state index in [4.69, 9.17) is 0 Å². The standard InChI is InChI=1S/C14H25N3O/c1-11(2)14(15-3)12-6-8-17(10-12)9-7-13(18)16(4)5/h6,8,10-11,14-15H,7,9H2,1-5H3. The summed E-state index contributed by atoms with van der Waals surface area (Å²) < 4.78 is 2.09. The second kappa shape index (κ2) is 6.59. The first kappa shape index (κ1) is 14.8. The van der Waals surface area contributed by atoms with Crippen LogP contribution >= 0.6 is 0 Å². The fourth-order valence-electron chi connectivity index (χ4n) is 2.12. The summed E-state index contributed by atoms with van der Waals surface area (Å²) in [4.78, 5) is 13.2. The van der Waals surface area contributed by atoms with Gasteiger partial charge in [0.2, 0.25) is 5.91 Å². The summed E-state index contributed by atoms with van der Waals surface area (Å²) in [6.45, 7) is 5.15. The van der Waals surface area contributed by atoms with Gasteiger partial charge in [0.25, 0.3) is 0 Å². The van der Waals surface area contributed by atoms with Crippen LogP contribution in [-0.2, 0) is 11.3 Å². The van der Waals surface area contributed by atoms with Crippen molar-refractivity contribution < 1.29 is 4.79 Å². The summed E-state index contributed by atoms with van der Waals surface area (Å²) in [6.07, 6.45) is 4.72. The number of hydrogen-bond donors (Lipinski definition) is 1. The second-order valence-corrected chi connectivity index (χ2v) is 5.23. The Bertz CT molecular complexity index is 382. The molecule has 0 bridgehead atoms. The molecule has 1 amide bonds. The van der Waals surface area contributed by atoms with E-state index in [0.29, 0.717) is 18.4 Å². The van der Waals surface area contributed by atoms with Gasteiger partial charge in [-0.05, 0) is 24.6 Å². The molecule has 4 heteroatoms. The van der Waals surface area contributed by atoms with E-state index in [2.05, 4.69) is 36.0 Å². The van der Waals surface area contributed by atoms with Gasteiger partial charge in [0, 0.05) is 45.5 Å². The monoisotopic (exact) mass is 251 g/mol. The third-order valence-corrected chi connectivity index (χ3v) is 3.19. The van der Waals surface area contributed by atoms with Gasteiger partial charge >= 0.3 is 0 Å².